The lowest BCUT2D eigenvalue weighted by atomic mass is 10.1. The number of amides is 2. The molecule has 2 amide bonds. The van der Waals surface area contributed by atoms with Crippen LogP contribution in [0.25, 0.3) is 10.6 Å². The lowest BCUT2D eigenvalue weighted by Crippen LogP contribution is -2.36. The highest BCUT2D eigenvalue weighted by molar-refractivity contribution is 9.10. The monoisotopic (exact) mass is 518 g/mol. The van der Waals surface area contributed by atoms with Gasteiger partial charge in [0, 0.05) is 36.7 Å². The van der Waals surface area contributed by atoms with Gasteiger partial charge < -0.3 is 19.7 Å². The van der Waals surface area contributed by atoms with Crippen LogP contribution in [0.15, 0.2) is 53.0 Å². The summed E-state index contributed by atoms with van der Waals surface area (Å²) >= 11 is 4.72. The Morgan fingerprint density at radius 1 is 1.09 bits per heavy atom. The van der Waals surface area contributed by atoms with Gasteiger partial charge in [-0.2, -0.15) is 0 Å². The summed E-state index contributed by atoms with van der Waals surface area (Å²) in [5, 5.41) is 12.1. The number of para-hydroxylation sites is 1. The minimum atomic E-state index is -0.253. The van der Waals surface area contributed by atoms with Crippen molar-refractivity contribution in [1.82, 2.24) is 15.1 Å². The Balaban J connectivity index is 1.62. The SMILES string of the molecule is COCCN(CCC(=O)Nc1nnc(-c2cccc(Br)c2)s1)C(=O)c1ccccc1OC. The molecule has 0 saturated carbocycles. The van der Waals surface area contributed by atoms with E-state index in [1.165, 1.54) is 18.4 Å². The Morgan fingerprint density at radius 3 is 2.66 bits per heavy atom. The Bertz CT molecular complexity index is 1080. The van der Waals surface area contributed by atoms with Crippen molar-refractivity contribution in [2.45, 2.75) is 6.42 Å². The molecule has 1 N–H and O–H groups in total. The van der Waals surface area contributed by atoms with E-state index in [0.717, 1.165) is 10.0 Å². The second-order valence-corrected chi connectivity index (χ2v) is 8.60. The molecular weight excluding hydrogens is 496 g/mol. The molecule has 3 rings (SSSR count). The number of halogens is 1. The summed E-state index contributed by atoms with van der Waals surface area (Å²) in [6.07, 6.45) is 0.108. The van der Waals surface area contributed by atoms with E-state index in [9.17, 15) is 9.59 Å². The average Bonchev–Trinajstić information content (AvgIpc) is 3.27. The van der Waals surface area contributed by atoms with Crippen LogP contribution in [0.5, 0.6) is 5.75 Å². The highest BCUT2D eigenvalue weighted by Crippen LogP contribution is 2.28. The smallest absolute Gasteiger partial charge is 0.257 e. The highest BCUT2D eigenvalue weighted by Gasteiger charge is 2.20. The Morgan fingerprint density at radius 2 is 1.91 bits per heavy atom. The Labute approximate surface area is 198 Å². The number of carbonyl (C=O) groups excluding carboxylic acids is 2. The number of hydrogen-bond donors (Lipinski definition) is 1. The zero-order valence-electron chi connectivity index (χ0n) is 17.7. The summed E-state index contributed by atoms with van der Waals surface area (Å²) in [5.41, 5.74) is 1.35. The number of anilines is 1. The van der Waals surface area contributed by atoms with Crippen LogP contribution in [-0.4, -0.2) is 60.8 Å². The molecule has 0 radical (unpaired) electrons. The fraction of sp³-hybridized carbons (Fsp3) is 0.273. The van der Waals surface area contributed by atoms with Gasteiger partial charge in [0.15, 0.2) is 0 Å². The lowest BCUT2D eigenvalue weighted by Gasteiger charge is -2.23. The van der Waals surface area contributed by atoms with Crippen molar-refractivity contribution in [3.63, 3.8) is 0 Å². The largest absolute Gasteiger partial charge is 0.496 e. The Kier molecular flexibility index (Phi) is 8.72. The van der Waals surface area contributed by atoms with Crippen molar-refractivity contribution in [1.29, 1.82) is 0 Å². The van der Waals surface area contributed by atoms with Gasteiger partial charge in [0.05, 0.1) is 19.3 Å². The fourth-order valence-corrected chi connectivity index (χ4v) is 4.09. The molecule has 2 aromatic carbocycles. The number of hydrogen-bond acceptors (Lipinski definition) is 7. The molecule has 0 fully saturated rings. The highest BCUT2D eigenvalue weighted by atomic mass is 79.9. The summed E-state index contributed by atoms with van der Waals surface area (Å²) < 4.78 is 11.4. The Hall–Kier alpha value is -2.82. The molecule has 0 bridgehead atoms. The first-order chi connectivity index (χ1) is 15.5. The number of carbonyl (C=O) groups is 2. The molecule has 10 heteroatoms. The fourth-order valence-electron chi connectivity index (χ4n) is 2.94. The number of nitrogens with one attached hydrogen (secondary N) is 1. The quantitative estimate of drug-likeness (QED) is 0.434. The van der Waals surface area contributed by atoms with E-state index in [-0.39, 0.29) is 24.8 Å². The maximum absolute atomic E-state index is 13.0. The molecule has 0 unspecified atom stereocenters. The summed E-state index contributed by atoms with van der Waals surface area (Å²) in [4.78, 5) is 27.1. The molecule has 32 heavy (non-hydrogen) atoms. The molecule has 0 saturated heterocycles. The van der Waals surface area contributed by atoms with Gasteiger partial charge in [0.25, 0.3) is 5.91 Å². The van der Waals surface area contributed by atoms with Gasteiger partial charge in [0.1, 0.15) is 10.8 Å². The van der Waals surface area contributed by atoms with E-state index in [1.807, 2.05) is 24.3 Å². The van der Waals surface area contributed by atoms with Crippen LogP contribution in [0, 0.1) is 0 Å². The van der Waals surface area contributed by atoms with Crippen molar-refractivity contribution >= 4 is 44.2 Å². The summed E-state index contributed by atoms with van der Waals surface area (Å²) in [5.74, 6) is 0.00986. The van der Waals surface area contributed by atoms with E-state index in [1.54, 1.807) is 36.3 Å². The van der Waals surface area contributed by atoms with E-state index < -0.39 is 0 Å². The molecule has 0 spiro atoms. The van der Waals surface area contributed by atoms with Crippen LogP contribution in [0.1, 0.15) is 16.8 Å². The van der Waals surface area contributed by atoms with Gasteiger partial charge in [0.2, 0.25) is 11.0 Å². The van der Waals surface area contributed by atoms with E-state index >= 15 is 0 Å². The van der Waals surface area contributed by atoms with Crippen molar-refractivity contribution in [2.24, 2.45) is 0 Å². The molecule has 0 atom stereocenters. The van der Waals surface area contributed by atoms with Gasteiger partial charge in [-0.1, -0.05) is 51.5 Å². The van der Waals surface area contributed by atoms with Gasteiger partial charge >= 0.3 is 0 Å². The zero-order valence-corrected chi connectivity index (χ0v) is 20.1. The third-order valence-corrected chi connectivity index (χ3v) is 5.92. The molecule has 0 aliphatic rings. The van der Waals surface area contributed by atoms with E-state index in [0.29, 0.717) is 34.6 Å². The number of nitrogens with zero attached hydrogens (tertiary/aromatic N) is 3. The van der Waals surface area contributed by atoms with Gasteiger partial charge in [-0.05, 0) is 24.3 Å². The van der Waals surface area contributed by atoms with Gasteiger partial charge in [-0.25, -0.2) is 0 Å². The summed E-state index contributed by atoms with van der Waals surface area (Å²) in [6.45, 7) is 0.935. The third-order valence-electron chi connectivity index (χ3n) is 4.54. The molecule has 3 aromatic rings. The lowest BCUT2D eigenvalue weighted by molar-refractivity contribution is -0.116. The molecule has 1 aromatic heterocycles. The minimum absolute atomic E-state index is 0.108. The molecule has 0 aliphatic heterocycles. The first-order valence-corrected chi connectivity index (χ1v) is 11.4. The first kappa shape index (κ1) is 23.8. The molecular formula is C22H23BrN4O4S. The predicted molar refractivity (Wildman–Crippen MR) is 127 cm³/mol. The summed E-state index contributed by atoms with van der Waals surface area (Å²) in [6, 6.07) is 14.7. The molecule has 168 valence electrons. The molecule has 8 nitrogen and oxygen atoms in total. The van der Waals surface area contributed by atoms with Crippen molar-refractivity contribution < 1.29 is 19.1 Å². The predicted octanol–water partition coefficient (Wildman–Crippen LogP) is 4.09. The second-order valence-electron chi connectivity index (χ2n) is 6.71. The van der Waals surface area contributed by atoms with E-state index in [2.05, 4.69) is 31.4 Å². The van der Waals surface area contributed by atoms with Crippen LogP contribution in [-0.2, 0) is 9.53 Å². The molecule has 1 heterocycles. The van der Waals surface area contributed by atoms with Crippen molar-refractivity contribution in [2.75, 3.05) is 39.2 Å². The maximum Gasteiger partial charge on any atom is 0.257 e. The standard InChI is InChI=1S/C22H23BrN4O4S/c1-30-13-12-27(21(29)17-8-3-4-9-18(17)31-2)11-10-19(28)24-22-26-25-20(32-22)15-6-5-7-16(23)14-15/h3-9,14H,10-13H2,1-2H3,(H,24,26,28). The number of benzene rings is 2. The van der Waals surface area contributed by atoms with Crippen LogP contribution < -0.4 is 10.1 Å². The van der Waals surface area contributed by atoms with Crippen LogP contribution in [0.2, 0.25) is 0 Å². The number of ether oxygens (including phenoxy) is 2. The number of aromatic nitrogens is 2. The second kappa shape index (κ2) is 11.7. The van der Waals surface area contributed by atoms with Gasteiger partial charge in [-0.3, -0.25) is 9.59 Å². The average molecular weight is 519 g/mol. The maximum atomic E-state index is 13.0. The van der Waals surface area contributed by atoms with Crippen molar-refractivity contribution in [3.8, 4) is 16.3 Å². The zero-order chi connectivity index (χ0) is 22.9. The summed E-state index contributed by atoms with van der Waals surface area (Å²) in [7, 11) is 3.08. The molecule has 0 aliphatic carbocycles. The normalized spacial score (nSPS) is 10.6. The van der Waals surface area contributed by atoms with Crippen LogP contribution in [0.4, 0.5) is 5.13 Å². The number of rotatable bonds is 10. The third kappa shape index (κ3) is 6.35. The first-order valence-electron chi connectivity index (χ1n) is 9.82. The number of methoxy groups -OCH3 is 2. The van der Waals surface area contributed by atoms with Crippen molar-refractivity contribution in [3.05, 3.63) is 58.6 Å². The van der Waals surface area contributed by atoms with Crippen LogP contribution >= 0.6 is 27.3 Å². The van der Waals surface area contributed by atoms with E-state index in [4.69, 9.17) is 9.47 Å². The minimum Gasteiger partial charge on any atom is -0.496 e. The van der Waals surface area contributed by atoms with Crippen LogP contribution in [0.3, 0.4) is 0 Å². The van der Waals surface area contributed by atoms with Gasteiger partial charge in [-0.15, -0.1) is 10.2 Å². The topological polar surface area (TPSA) is 93.6 Å².